The summed E-state index contributed by atoms with van der Waals surface area (Å²) in [6.07, 6.45) is 0. The number of ketones is 1. The summed E-state index contributed by atoms with van der Waals surface area (Å²) in [6.45, 7) is 1.76. The Bertz CT molecular complexity index is 820. The van der Waals surface area contributed by atoms with Crippen molar-refractivity contribution in [1.29, 1.82) is 0 Å². The molecule has 4 heteroatoms. The normalized spacial score (nSPS) is 10.9. The van der Waals surface area contributed by atoms with Crippen LogP contribution in [-0.2, 0) is 0 Å². The lowest BCUT2D eigenvalue weighted by atomic mass is 10.0. The molecule has 0 amide bonds. The van der Waals surface area contributed by atoms with E-state index in [1.165, 1.54) is 35.6 Å². The minimum absolute atomic E-state index is 0.233. The summed E-state index contributed by atoms with van der Waals surface area (Å²) in [6, 6.07) is 10.2. The van der Waals surface area contributed by atoms with Gasteiger partial charge in [-0.3, -0.25) is 4.79 Å². The Morgan fingerprint density at radius 2 is 1.70 bits per heavy atom. The van der Waals surface area contributed by atoms with Gasteiger partial charge in [0.1, 0.15) is 11.6 Å². The van der Waals surface area contributed by atoms with Crippen LogP contribution in [0, 0.1) is 18.6 Å². The zero-order valence-electron chi connectivity index (χ0n) is 10.6. The smallest absolute Gasteiger partial charge is 0.203 e. The van der Waals surface area contributed by atoms with E-state index in [1.54, 1.807) is 25.1 Å². The highest BCUT2D eigenvalue weighted by molar-refractivity contribution is 7.21. The van der Waals surface area contributed by atoms with Gasteiger partial charge in [-0.25, -0.2) is 8.78 Å². The van der Waals surface area contributed by atoms with Gasteiger partial charge in [0, 0.05) is 10.3 Å². The largest absolute Gasteiger partial charge is 0.288 e. The number of thiophene rings is 1. The number of halogens is 2. The summed E-state index contributed by atoms with van der Waals surface area (Å²) < 4.78 is 27.2. The summed E-state index contributed by atoms with van der Waals surface area (Å²) in [5.41, 5.74) is 1.07. The maximum Gasteiger partial charge on any atom is 0.203 e. The van der Waals surface area contributed by atoms with Gasteiger partial charge in [0.15, 0.2) is 0 Å². The molecule has 0 unspecified atom stereocenters. The molecule has 0 spiro atoms. The minimum Gasteiger partial charge on any atom is -0.288 e. The van der Waals surface area contributed by atoms with E-state index in [2.05, 4.69) is 0 Å². The molecule has 1 nitrogen and oxygen atoms in total. The van der Waals surface area contributed by atoms with E-state index in [0.29, 0.717) is 15.1 Å². The molecule has 0 bridgehead atoms. The summed E-state index contributed by atoms with van der Waals surface area (Å²) in [5, 5.41) is 0.814. The fraction of sp³-hybridized carbons (Fsp3) is 0.0625. The van der Waals surface area contributed by atoms with Crippen molar-refractivity contribution in [3.63, 3.8) is 0 Å². The van der Waals surface area contributed by atoms with E-state index in [-0.39, 0.29) is 11.6 Å². The van der Waals surface area contributed by atoms with Gasteiger partial charge in [-0.1, -0.05) is 12.1 Å². The summed E-state index contributed by atoms with van der Waals surface area (Å²) in [5.74, 6) is -1.00. The van der Waals surface area contributed by atoms with Gasteiger partial charge in [0.05, 0.1) is 4.88 Å². The highest BCUT2D eigenvalue weighted by atomic mass is 32.1. The molecule has 1 heterocycles. The van der Waals surface area contributed by atoms with E-state index in [1.807, 2.05) is 0 Å². The van der Waals surface area contributed by atoms with Crippen molar-refractivity contribution in [2.45, 2.75) is 6.92 Å². The quantitative estimate of drug-likeness (QED) is 0.624. The van der Waals surface area contributed by atoms with Crippen LogP contribution in [0.25, 0.3) is 10.1 Å². The van der Waals surface area contributed by atoms with Gasteiger partial charge >= 0.3 is 0 Å². The average Bonchev–Trinajstić information content (AvgIpc) is 2.83. The van der Waals surface area contributed by atoms with Crippen LogP contribution in [0.3, 0.4) is 0 Å². The lowest BCUT2D eigenvalue weighted by molar-refractivity contribution is 0.104. The van der Waals surface area contributed by atoms with Crippen LogP contribution < -0.4 is 0 Å². The molecule has 0 fully saturated rings. The van der Waals surface area contributed by atoms with Crippen LogP contribution in [0.2, 0.25) is 0 Å². The number of fused-ring (bicyclic) bond motifs is 1. The minimum atomic E-state index is -0.439. The van der Waals surface area contributed by atoms with E-state index in [4.69, 9.17) is 0 Å². The Hall–Kier alpha value is -2.07. The third-order valence-electron chi connectivity index (χ3n) is 3.15. The van der Waals surface area contributed by atoms with Gasteiger partial charge in [-0.2, -0.15) is 0 Å². The second-order valence-corrected chi connectivity index (χ2v) is 5.66. The SMILES string of the molecule is Cc1ccc(F)cc1C(=O)c1cc2ccc(F)cc2s1. The van der Waals surface area contributed by atoms with Crippen molar-refractivity contribution < 1.29 is 13.6 Å². The van der Waals surface area contributed by atoms with Crippen molar-refractivity contribution >= 4 is 27.2 Å². The Morgan fingerprint density at radius 1 is 1.00 bits per heavy atom. The second-order valence-electron chi connectivity index (χ2n) is 4.58. The van der Waals surface area contributed by atoms with E-state index in [0.717, 1.165) is 10.9 Å². The number of carbonyl (C=O) groups is 1. The molecular weight excluding hydrogens is 278 g/mol. The van der Waals surface area contributed by atoms with Gasteiger partial charge < -0.3 is 0 Å². The van der Waals surface area contributed by atoms with Crippen LogP contribution in [0.15, 0.2) is 42.5 Å². The number of aryl methyl sites for hydroxylation is 1. The van der Waals surface area contributed by atoms with Crippen molar-refractivity contribution in [3.8, 4) is 0 Å². The number of hydrogen-bond donors (Lipinski definition) is 0. The van der Waals surface area contributed by atoms with Gasteiger partial charge in [-0.05, 0) is 48.2 Å². The van der Waals surface area contributed by atoms with Crippen molar-refractivity contribution in [3.05, 3.63) is 70.1 Å². The molecule has 0 N–H and O–H groups in total. The van der Waals surface area contributed by atoms with E-state index >= 15 is 0 Å². The highest BCUT2D eigenvalue weighted by Gasteiger charge is 2.15. The van der Waals surface area contributed by atoms with Crippen molar-refractivity contribution in [2.75, 3.05) is 0 Å². The number of hydrogen-bond acceptors (Lipinski definition) is 2. The first-order valence-electron chi connectivity index (χ1n) is 6.04. The zero-order chi connectivity index (χ0) is 14.3. The number of rotatable bonds is 2. The van der Waals surface area contributed by atoms with Crippen LogP contribution in [0.4, 0.5) is 8.78 Å². The molecule has 3 rings (SSSR count). The predicted molar refractivity (Wildman–Crippen MR) is 76.4 cm³/mol. The molecule has 0 aliphatic heterocycles. The molecule has 3 aromatic rings. The first kappa shape index (κ1) is 12.9. The molecule has 0 saturated carbocycles. The summed E-state index contributed by atoms with van der Waals surface area (Å²) in [7, 11) is 0. The molecule has 2 aromatic carbocycles. The standard InChI is InChI=1S/C16H10F2OS/c1-9-2-4-11(17)7-13(9)16(19)15-6-10-3-5-12(18)8-14(10)20-15/h2-8H,1H3. The molecular formula is C16H10F2OS. The van der Waals surface area contributed by atoms with Crippen LogP contribution in [0.1, 0.15) is 20.8 Å². The lowest BCUT2D eigenvalue weighted by Gasteiger charge is -2.02. The number of carbonyl (C=O) groups excluding carboxylic acids is 1. The molecule has 0 aliphatic rings. The fourth-order valence-corrected chi connectivity index (χ4v) is 3.13. The third-order valence-corrected chi connectivity index (χ3v) is 4.25. The fourth-order valence-electron chi connectivity index (χ4n) is 2.09. The van der Waals surface area contributed by atoms with Crippen LogP contribution >= 0.6 is 11.3 Å². The summed E-state index contributed by atoms with van der Waals surface area (Å²) in [4.78, 5) is 12.9. The van der Waals surface area contributed by atoms with Crippen molar-refractivity contribution in [1.82, 2.24) is 0 Å². The van der Waals surface area contributed by atoms with E-state index < -0.39 is 5.82 Å². The third kappa shape index (κ3) is 2.23. The van der Waals surface area contributed by atoms with Gasteiger partial charge in [0.25, 0.3) is 0 Å². The van der Waals surface area contributed by atoms with Gasteiger partial charge in [0.2, 0.25) is 5.78 Å². The Morgan fingerprint density at radius 3 is 2.50 bits per heavy atom. The molecule has 1 aromatic heterocycles. The summed E-state index contributed by atoms with van der Waals surface area (Å²) >= 11 is 1.22. The Labute approximate surface area is 118 Å². The molecule has 20 heavy (non-hydrogen) atoms. The maximum absolute atomic E-state index is 13.3. The lowest BCUT2D eigenvalue weighted by Crippen LogP contribution is -2.02. The molecule has 0 radical (unpaired) electrons. The monoisotopic (exact) mass is 288 g/mol. The Kier molecular flexibility index (Phi) is 3.10. The number of benzene rings is 2. The first-order valence-corrected chi connectivity index (χ1v) is 6.86. The molecule has 0 saturated heterocycles. The first-order chi connectivity index (χ1) is 9.54. The maximum atomic E-state index is 13.3. The zero-order valence-corrected chi connectivity index (χ0v) is 11.4. The second kappa shape index (κ2) is 4.80. The average molecular weight is 288 g/mol. The molecule has 100 valence electrons. The predicted octanol–water partition coefficient (Wildman–Crippen LogP) is 4.72. The van der Waals surface area contributed by atoms with Crippen molar-refractivity contribution in [2.24, 2.45) is 0 Å². The molecule has 0 aliphatic carbocycles. The topological polar surface area (TPSA) is 17.1 Å². The van der Waals surface area contributed by atoms with E-state index in [9.17, 15) is 13.6 Å². The molecule has 0 atom stereocenters. The Balaban J connectivity index is 2.10. The van der Waals surface area contributed by atoms with Crippen LogP contribution in [0.5, 0.6) is 0 Å². The highest BCUT2D eigenvalue weighted by Crippen LogP contribution is 2.28. The van der Waals surface area contributed by atoms with Gasteiger partial charge in [-0.15, -0.1) is 11.3 Å². The van der Waals surface area contributed by atoms with Crippen LogP contribution in [-0.4, -0.2) is 5.78 Å².